The first-order valence-electron chi connectivity index (χ1n) is 6.07. The van der Waals surface area contributed by atoms with Gasteiger partial charge in [0, 0.05) is 23.1 Å². The summed E-state index contributed by atoms with van der Waals surface area (Å²) in [5.41, 5.74) is 3.32. The number of hydrogen-bond acceptors (Lipinski definition) is 3. The van der Waals surface area contributed by atoms with Gasteiger partial charge in [-0.25, -0.2) is 4.99 Å². The van der Waals surface area contributed by atoms with Gasteiger partial charge in [-0.1, -0.05) is 11.8 Å². The first-order valence-corrected chi connectivity index (χ1v) is 7.29. The van der Waals surface area contributed by atoms with Gasteiger partial charge in [0.2, 0.25) is 0 Å². The highest BCUT2D eigenvalue weighted by atomic mass is 32.2. The zero-order chi connectivity index (χ0) is 13.8. The van der Waals surface area contributed by atoms with Crippen LogP contribution in [0.3, 0.4) is 0 Å². The van der Waals surface area contributed by atoms with Crippen molar-refractivity contribution in [3.05, 3.63) is 30.0 Å². The van der Waals surface area contributed by atoms with Crippen molar-refractivity contribution in [1.82, 2.24) is 9.88 Å². The van der Waals surface area contributed by atoms with Crippen LogP contribution in [0.1, 0.15) is 12.6 Å². The average molecular weight is 272 g/mol. The van der Waals surface area contributed by atoms with E-state index >= 15 is 0 Å². The topological polar surface area (TPSA) is 53.1 Å². The SMILES string of the molecule is CCn1c(C)cc2cc(N=C(NC#N)SC)ccc21. The number of aliphatic imine (C=N–C) groups is 1. The Labute approximate surface area is 117 Å². The average Bonchev–Trinajstić information content (AvgIpc) is 2.72. The summed E-state index contributed by atoms with van der Waals surface area (Å²) in [6, 6.07) is 8.26. The molecule has 0 atom stereocenters. The summed E-state index contributed by atoms with van der Waals surface area (Å²) >= 11 is 1.42. The number of rotatable bonds is 2. The summed E-state index contributed by atoms with van der Waals surface area (Å²) in [6.07, 6.45) is 3.78. The van der Waals surface area contributed by atoms with Gasteiger partial charge in [-0.15, -0.1) is 0 Å². The van der Waals surface area contributed by atoms with Gasteiger partial charge in [-0.2, -0.15) is 5.26 Å². The van der Waals surface area contributed by atoms with Gasteiger partial charge in [0.1, 0.15) is 0 Å². The van der Waals surface area contributed by atoms with Gasteiger partial charge in [0.15, 0.2) is 11.4 Å². The Balaban J connectivity index is 2.45. The van der Waals surface area contributed by atoms with E-state index in [4.69, 9.17) is 5.26 Å². The molecule has 1 N–H and O–H groups in total. The highest BCUT2D eigenvalue weighted by Gasteiger charge is 2.05. The molecule has 2 aromatic rings. The number of nitriles is 1. The highest BCUT2D eigenvalue weighted by Crippen LogP contribution is 2.25. The molecule has 98 valence electrons. The Morgan fingerprint density at radius 3 is 2.89 bits per heavy atom. The standard InChI is InChI=1S/C14H16N4S/c1-4-18-10(2)7-11-8-12(5-6-13(11)18)17-14(19-3)16-9-15/h5-8H,4H2,1-3H3,(H,16,17). The van der Waals surface area contributed by atoms with Gasteiger partial charge in [-0.3, -0.25) is 5.32 Å². The Morgan fingerprint density at radius 1 is 1.47 bits per heavy atom. The van der Waals surface area contributed by atoms with Crippen molar-refractivity contribution in [3.8, 4) is 6.19 Å². The van der Waals surface area contributed by atoms with Gasteiger partial charge in [0.25, 0.3) is 0 Å². The van der Waals surface area contributed by atoms with E-state index in [9.17, 15) is 0 Å². The summed E-state index contributed by atoms with van der Waals surface area (Å²) < 4.78 is 2.27. The molecule has 0 aliphatic rings. The lowest BCUT2D eigenvalue weighted by Crippen LogP contribution is -2.12. The molecule has 0 aliphatic carbocycles. The van der Waals surface area contributed by atoms with Crippen LogP contribution < -0.4 is 5.32 Å². The van der Waals surface area contributed by atoms with Crippen molar-refractivity contribution in [1.29, 1.82) is 5.26 Å². The van der Waals surface area contributed by atoms with Crippen molar-refractivity contribution in [2.24, 2.45) is 4.99 Å². The fourth-order valence-corrected chi connectivity index (χ4v) is 2.52. The molecule has 1 aromatic carbocycles. The minimum absolute atomic E-state index is 0.605. The van der Waals surface area contributed by atoms with Crippen LogP contribution >= 0.6 is 11.8 Å². The van der Waals surface area contributed by atoms with Gasteiger partial charge < -0.3 is 4.57 Å². The second-order valence-electron chi connectivity index (χ2n) is 4.13. The molecule has 1 aromatic heterocycles. The first-order chi connectivity index (χ1) is 9.19. The molecular formula is C14H16N4S. The number of hydrogen-bond donors (Lipinski definition) is 1. The molecule has 0 saturated heterocycles. The molecule has 0 spiro atoms. The second kappa shape index (κ2) is 5.81. The molecule has 0 fully saturated rings. The molecule has 0 saturated carbocycles. The van der Waals surface area contributed by atoms with Gasteiger partial charge >= 0.3 is 0 Å². The number of aromatic nitrogens is 1. The van der Waals surface area contributed by atoms with Crippen molar-refractivity contribution in [3.63, 3.8) is 0 Å². The summed E-state index contributed by atoms with van der Waals surface area (Å²) in [5.74, 6) is 0. The van der Waals surface area contributed by atoms with Crippen LogP contribution in [-0.4, -0.2) is 16.0 Å². The number of nitrogens with one attached hydrogen (secondary N) is 1. The van der Waals surface area contributed by atoms with E-state index in [1.54, 1.807) is 0 Å². The number of fused-ring (bicyclic) bond motifs is 1. The molecule has 0 bridgehead atoms. The lowest BCUT2D eigenvalue weighted by atomic mass is 10.2. The highest BCUT2D eigenvalue weighted by molar-refractivity contribution is 8.13. The molecule has 4 nitrogen and oxygen atoms in total. The van der Waals surface area contributed by atoms with Crippen LogP contribution in [-0.2, 0) is 6.54 Å². The molecular weight excluding hydrogens is 256 g/mol. The maximum Gasteiger partial charge on any atom is 0.183 e. The van der Waals surface area contributed by atoms with E-state index in [-0.39, 0.29) is 0 Å². The molecule has 0 aliphatic heterocycles. The zero-order valence-electron chi connectivity index (χ0n) is 11.3. The quantitative estimate of drug-likeness (QED) is 0.394. The summed E-state index contributed by atoms with van der Waals surface area (Å²) in [7, 11) is 0. The molecule has 19 heavy (non-hydrogen) atoms. The van der Waals surface area contributed by atoms with Gasteiger partial charge in [-0.05, 0) is 44.4 Å². The number of aryl methyl sites for hydroxylation is 2. The van der Waals surface area contributed by atoms with E-state index in [1.807, 2.05) is 24.6 Å². The van der Waals surface area contributed by atoms with Crippen molar-refractivity contribution >= 4 is 33.5 Å². The van der Waals surface area contributed by atoms with E-state index in [0.717, 1.165) is 12.2 Å². The molecule has 2 rings (SSSR count). The molecule has 0 radical (unpaired) electrons. The van der Waals surface area contributed by atoms with Crippen LogP contribution in [0.5, 0.6) is 0 Å². The molecule has 0 unspecified atom stereocenters. The Morgan fingerprint density at radius 2 is 2.26 bits per heavy atom. The zero-order valence-corrected chi connectivity index (χ0v) is 12.1. The lowest BCUT2D eigenvalue weighted by molar-refractivity contribution is 0.770. The monoisotopic (exact) mass is 272 g/mol. The third-order valence-corrected chi connectivity index (χ3v) is 3.58. The number of nitrogens with zero attached hydrogens (tertiary/aromatic N) is 3. The third kappa shape index (κ3) is 2.74. The Bertz CT molecular complexity index is 664. The van der Waals surface area contributed by atoms with Crippen LogP contribution in [0, 0.1) is 18.4 Å². The molecule has 1 heterocycles. The first kappa shape index (κ1) is 13.5. The van der Waals surface area contributed by atoms with Crippen LogP contribution in [0.2, 0.25) is 0 Å². The summed E-state index contributed by atoms with van der Waals surface area (Å²) in [4.78, 5) is 4.42. The predicted molar refractivity (Wildman–Crippen MR) is 81.7 cm³/mol. The Kier molecular flexibility index (Phi) is 4.13. The minimum Gasteiger partial charge on any atom is -0.345 e. The normalized spacial score (nSPS) is 11.6. The third-order valence-electron chi connectivity index (χ3n) is 3.00. The van der Waals surface area contributed by atoms with E-state index in [1.165, 1.54) is 28.4 Å². The van der Waals surface area contributed by atoms with Gasteiger partial charge in [0.05, 0.1) is 5.69 Å². The number of amidine groups is 1. The maximum atomic E-state index is 8.63. The lowest BCUT2D eigenvalue weighted by Gasteiger charge is -2.04. The van der Waals surface area contributed by atoms with Crippen molar-refractivity contribution in [2.45, 2.75) is 20.4 Å². The molecule has 5 heteroatoms. The van der Waals surface area contributed by atoms with Crippen molar-refractivity contribution in [2.75, 3.05) is 6.26 Å². The fourth-order valence-electron chi connectivity index (χ4n) is 2.18. The second-order valence-corrected chi connectivity index (χ2v) is 4.93. The van der Waals surface area contributed by atoms with E-state index in [0.29, 0.717) is 5.17 Å². The fraction of sp³-hybridized carbons (Fsp3) is 0.286. The number of thioether (sulfide) groups is 1. The van der Waals surface area contributed by atoms with Crippen molar-refractivity contribution < 1.29 is 0 Å². The molecule has 0 amide bonds. The summed E-state index contributed by atoms with van der Waals surface area (Å²) in [6.45, 7) is 5.21. The van der Waals surface area contributed by atoms with Crippen LogP contribution in [0.25, 0.3) is 10.9 Å². The van der Waals surface area contributed by atoms with Crippen LogP contribution in [0.15, 0.2) is 29.3 Å². The van der Waals surface area contributed by atoms with E-state index in [2.05, 4.69) is 40.9 Å². The Hall–Kier alpha value is -1.93. The minimum atomic E-state index is 0.605. The predicted octanol–water partition coefficient (Wildman–Crippen LogP) is 3.39. The summed E-state index contributed by atoms with van der Waals surface area (Å²) in [5, 5.41) is 13.0. The smallest absolute Gasteiger partial charge is 0.183 e. The van der Waals surface area contributed by atoms with E-state index < -0.39 is 0 Å². The maximum absolute atomic E-state index is 8.63. The largest absolute Gasteiger partial charge is 0.345 e. The number of benzene rings is 1. The van der Waals surface area contributed by atoms with Crippen LogP contribution in [0.4, 0.5) is 5.69 Å².